The van der Waals surface area contributed by atoms with E-state index in [0.29, 0.717) is 10.7 Å². The average Bonchev–Trinajstić information content (AvgIpc) is 2.58. The first kappa shape index (κ1) is 17.9. The minimum absolute atomic E-state index is 0.0290. The summed E-state index contributed by atoms with van der Waals surface area (Å²) in [5.41, 5.74) is -2.42. The number of fused-ring (bicyclic) bond motifs is 1. The van der Waals surface area contributed by atoms with Crippen LogP contribution < -0.4 is 10.9 Å². The van der Waals surface area contributed by atoms with Gasteiger partial charge in [-0.15, -0.1) is 0 Å². The zero-order chi connectivity index (χ0) is 18.9. The van der Waals surface area contributed by atoms with Crippen LogP contribution in [0.4, 0.5) is 18.9 Å². The summed E-state index contributed by atoms with van der Waals surface area (Å²) in [5.74, 6) is -0.654. The Morgan fingerprint density at radius 3 is 2.42 bits per heavy atom. The zero-order valence-corrected chi connectivity index (χ0v) is 13.8. The predicted octanol–water partition coefficient (Wildman–Crippen LogP) is 3.71. The van der Waals surface area contributed by atoms with Crippen LogP contribution in [0, 0.1) is 0 Å². The highest BCUT2D eigenvalue weighted by Crippen LogP contribution is 2.26. The number of alkyl halides is 3. The molecule has 3 aromatic rings. The molecule has 134 valence electrons. The van der Waals surface area contributed by atoms with Gasteiger partial charge in [0.1, 0.15) is 6.54 Å². The second kappa shape index (κ2) is 6.80. The molecule has 0 atom stereocenters. The number of amides is 1. The van der Waals surface area contributed by atoms with Crippen molar-refractivity contribution < 1.29 is 18.0 Å². The molecule has 0 bridgehead atoms. The van der Waals surface area contributed by atoms with Crippen molar-refractivity contribution in [3.05, 3.63) is 69.6 Å². The lowest BCUT2D eigenvalue weighted by Crippen LogP contribution is -2.34. The number of anilines is 1. The number of para-hydroxylation sites is 2. The van der Waals surface area contributed by atoms with Crippen LogP contribution in [0.1, 0.15) is 5.69 Å². The van der Waals surface area contributed by atoms with Gasteiger partial charge in [-0.1, -0.05) is 23.7 Å². The first-order valence-electron chi connectivity index (χ1n) is 7.38. The van der Waals surface area contributed by atoms with E-state index in [4.69, 9.17) is 11.6 Å². The summed E-state index contributed by atoms with van der Waals surface area (Å²) in [7, 11) is 0. The Labute approximate surface area is 150 Å². The number of nitrogens with one attached hydrogen (secondary N) is 1. The molecular formula is C17H11ClF3N3O2. The summed E-state index contributed by atoms with van der Waals surface area (Å²) >= 11 is 5.75. The van der Waals surface area contributed by atoms with Crippen molar-refractivity contribution in [1.29, 1.82) is 0 Å². The van der Waals surface area contributed by atoms with Crippen LogP contribution in [0.5, 0.6) is 0 Å². The van der Waals surface area contributed by atoms with E-state index in [1.807, 2.05) is 0 Å². The van der Waals surface area contributed by atoms with Crippen LogP contribution in [0.15, 0.2) is 53.3 Å². The van der Waals surface area contributed by atoms with E-state index in [-0.39, 0.29) is 11.0 Å². The largest absolute Gasteiger partial charge is 0.438 e. The molecule has 5 nitrogen and oxygen atoms in total. The smallest absolute Gasteiger partial charge is 0.325 e. The number of aromatic nitrogens is 2. The second-order valence-electron chi connectivity index (χ2n) is 5.39. The molecule has 1 heterocycles. The van der Waals surface area contributed by atoms with Crippen molar-refractivity contribution in [2.24, 2.45) is 0 Å². The number of carbonyl (C=O) groups is 1. The van der Waals surface area contributed by atoms with Crippen molar-refractivity contribution in [3.8, 4) is 0 Å². The lowest BCUT2D eigenvalue weighted by molar-refractivity contribution is -0.142. The summed E-state index contributed by atoms with van der Waals surface area (Å²) < 4.78 is 40.0. The van der Waals surface area contributed by atoms with Gasteiger partial charge in [0, 0.05) is 10.7 Å². The number of benzene rings is 2. The molecule has 0 spiro atoms. The number of hydrogen-bond acceptors (Lipinski definition) is 3. The van der Waals surface area contributed by atoms with Gasteiger partial charge in [0.25, 0.3) is 5.56 Å². The highest BCUT2D eigenvalue weighted by molar-refractivity contribution is 6.30. The van der Waals surface area contributed by atoms with Crippen molar-refractivity contribution in [3.63, 3.8) is 0 Å². The fourth-order valence-corrected chi connectivity index (χ4v) is 2.54. The van der Waals surface area contributed by atoms with E-state index in [2.05, 4.69) is 10.3 Å². The first-order chi connectivity index (χ1) is 12.3. The third-order valence-electron chi connectivity index (χ3n) is 3.55. The molecule has 1 N–H and O–H groups in total. The highest BCUT2D eigenvalue weighted by Gasteiger charge is 2.37. The number of carbonyl (C=O) groups excluding carboxylic acids is 1. The molecule has 0 aliphatic carbocycles. The molecule has 0 aliphatic rings. The molecule has 0 saturated heterocycles. The summed E-state index contributed by atoms with van der Waals surface area (Å²) in [6.07, 6.45) is -4.92. The Hall–Kier alpha value is -2.87. The van der Waals surface area contributed by atoms with E-state index in [0.717, 1.165) is 4.57 Å². The van der Waals surface area contributed by atoms with Gasteiger partial charge in [0.15, 0.2) is 0 Å². The molecule has 1 amide bonds. The molecule has 0 unspecified atom stereocenters. The predicted molar refractivity (Wildman–Crippen MR) is 91.1 cm³/mol. The van der Waals surface area contributed by atoms with Crippen molar-refractivity contribution in [2.45, 2.75) is 12.7 Å². The molecule has 0 fully saturated rings. The molecule has 0 saturated carbocycles. The SMILES string of the molecule is O=C(Cn1c(=O)c(C(F)(F)F)nc2ccccc21)Nc1ccc(Cl)cc1. The topological polar surface area (TPSA) is 64.0 Å². The molecule has 1 aromatic heterocycles. The van der Waals surface area contributed by atoms with E-state index >= 15 is 0 Å². The van der Waals surface area contributed by atoms with Crippen molar-refractivity contribution in [1.82, 2.24) is 9.55 Å². The molecule has 3 rings (SSSR count). The maximum atomic E-state index is 13.1. The van der Waals surface area contributed by atoms with E-state index < -0.39 is 29.9 Å². The number of nitrogens with zero attached hydrogens (tertiary/aromatic N) is 2. The standard InChI is InChI=1S/C17H11ClF3N3O2/c18-10-5-7-11(8-6-10)22-14(25)9-24-13-4-2-1-3-12(13)23-15(16(24)26)17(19,20)21/h1-8H,9H2,(H,22,25). The van der Waals surface area contributed by atoms with Gasteiger partial charge in [0.2, 0.25) is 11.6 Å². The number of hydrogen-bond donors (Lipinski definition) is 1. The Balaban J connectivity index is 2.00. The Kier molecular flexibility index (Phi) is 4.69. The summed E-state index contributed by atoms with van der Waals surface area (Å²) in [5, 5.41) is 2.98. The Morgan fingerprint density at radius 1 is 1.12 bits per heavy atom. The van der Waals surface area contributed by atoms with Crippen LogP contribution >= 0.6 is 11.6 Å². The zero-order valence-electron chi connectivity index (χ0n) is 13.0. The molecule has 0 radical (unpaired) electrons. The molecule has 2 aromatic carbocycles. The van der Waals surface area contributed by atoms with Gasteiger partial charge in [-0.2, -0.15) is 13.2 Å². The number of rotatable bonds is 3. The monoisotopic (exact) mass is 381 g/mol. The van der Waals surface area contributed by atoms with E-state index in [9.17, 15) is 22.8 Å². The minimum atomic E-state index is -4.92. The van der Waals surface area contributed by atoms with Gasteiger partial charge in [-0.3, -0.25) is 14.2 Å². The Bertz CT molecular complexity index is 1030. The number of halogens is 4. The van der Waals surface area contributed by atoms with Crippen molar-refractivity contribution >= 4 is 34.2 Å². The molecule has 0 aliphatic heterocycles. The lowest BCUT2D eigenvalue weighted by atomic mass is 10.2. The van der Waals surface area contributed by atoms with E-state index in [1.54, 1.807) is 18.2 Å². The minimum Gasteiger partial charge on any atom is -0.325 e. The van der Waals surface area contributed by atoms with Crippen LogP contribution in [0.2, 0.25) is 5.02 Å². The summed E-state index contributed by atoms with van der Waals surface area (Å²) in [6.45, 7) is -0.590. The third-order valence-corrected chi connectivity index (χ3v) is 3.80. The summed E-state index contributed by atoms with van der Waals surface area (Å²) in [4.78, 5) is 27.9. The molecule has 9 heteroatoms. The van der Waals surface area contributed by atoms with Crippen LogP contribution in [0.3, 0.4) is 0 Å². The highest BCUT2D eigenvalue weighted by atomic mass is 35.5. The van der Waals surface area contributed by atoms with Gasteiger partial charge in [-0.05, 0) is 36.4 Å². The summed E-state index contributed by atoms with van der Waals surface area (Å²) in [6, 6.07) is 12.0. The van der Waals surface area contributed by atoms with Gasteiger partial charge in [-0.25, -0.2) is 4.98 Å². The molecular weight excluding hydrogens is 371 g/mol. The van der Waals surface area contributed by atoms with Crippen LogP contribution in [0.25, 0.3) is 11.0 Å². The van der Waals surface area contributed by atoms with Gasteiger partial charge >= 0.3 is 6.18 Å². The normalized spacial score (nSPS) is 11.5. The maximum absolute atomic E-state index is 13.1. The van der Waals surface area contributed by atoms with E-state index in [1.165, 1.54) is 30.3 Å². The van der Waals surface area contributed by atoms with Crippen molar-refractivity contribution in [2.75, 3.05) is 5.32 Å². The van der Waals surface area contributed by atoms with Gasteiger partial charge < -0.3 is 5.32 Å². The third kappa shape index (κ3) is 3.70. The Morgan fingerprint density at radius 2 is 1.77 bits per heavy atom. The van der Waals surface area contributed by atoms with Gasteiger partial charge in [0.05, 0.1) is 11.0 Å². The fraction of sp³-hybridized carbons (Fsp3) is 0.118. The second-order valence-corrected chi connectivity index (χ2v) is 5.83. The maximum Gasteiger partial charge on any atom is 0.438 e. The lowest BCUT2D eigenvalue weighted by Gasteiger charge is -2.13. The quantitative estimate of drug-likeness (QED) is 0.752. The fourth-order valence-electron chi connectivity index (χ4n) is 2.41. The van der Waals surface area contributed by atoms with Crippen LogP contribution in [-0.2, 0) is 17.5 Å². The first-order valence-corrected chi connectivity index (χ1v) is 7.76. The van der Waals surface area contributed by atoms with Crippen LogP contribution in [-0.4, -0.2) is 15.5 Å². The molecule has 26 heavy (non-hydrogen) atoms. The average molecular weight is 382 g/mol.